The van der Waals surface area contributed by atoms with Gasteiger partial charge in [0.2, 0.25) is 5.82 Å². The second-order valence-corrected chi connectivity index (χ2v) is 5.53. The van der Waals surface area contributed by atoms with Gasteiger partial charge >= 0.3 is 0 Å². The first-order valence-electron chi connectivity index (χ1n) is 6.74. The molecule has 0 aliphatic heterocycles. The second kappa shape index (κ2) is 5.25. The number of hydrogen-bond donors (Lipinski definition) is 1. The standard InChI is InChI=1S/C14H16N6S/c1-9(2)20-17-13(16-18-20)11-8-15-19(14(11)21)12-7-5-4-6-10(12)3/h4-9,15H,1-3H3. The van der Waals surface area contributed by atoms with E-state index < -0.39 is 0 Å². The number of hydrogen-bond acceptors (Lipinski definition) is 4. The Bertz CT molecular complexity index is 826. The van der Waals surface area contributed by atoms with E-state index in [1.54, 1.807) is 4.80 Å². The topological polar surface area (TPSA) is 64.3 Å². The predicted molar refractivity (Wildman–Crippen MR) is 82.9 cm³/mol. The molecule has 0 aliphatic carbocycles. The number of benzene rings is 1. The van der Waals surface area contributed by atoms with Gasteiger partial charge in [0.05, 0.1) is 17.3 Å². The predicted octanol–water partition coefficient (Wildman–Crippen LogP) is 3.08. The minimum Gasteiger partial charge on any atom is -0.299 e. The molecule has 3 rings (SSSR count). The van der Waals surface area contributed by atoms with E-state index in [4.69, 9.17) is 12.2 Å². The number of aromatic nitrogens is 6. The van der Waals surface area contributed by atoms with Crippen LogP contribution in [-0.2, 0) is 0 Å². The van der Waals surface area contributed by atoms with Crippen LogP contribution in [0.4, 0.5) is 0 Å². The molecule has 7 heteroatoms. The van der Waals surface area contributed by atoms with Crippen molar-refractivity contribution in [2.45, 2.75) is 26.8 Å². The molecule has 0 aliphatic rings. The molecule has 3 aromatic rings. The summed E-state index contributed by atoms with van der Waals surface area (Å²) in [5, 5.41) is 15.6. The number of tetrazole rings is 1. The third kappa shape index (κ3) is 2.40. The Balaban J connectivity index is 2.07. The van der Waals surface area contributed by atoms with Crippen LogP contribution in [0.1, 0.15) is 25.5 Å². The zero-order chi connectivity index (χ0) is 15.0. The van der Waals surface area contributed by atoms with Crippen molar-refractivity contribution in [3.8, 4) is 17.1 Å². The van der Waals surface area contributed by atoms with E-state index in [0.29, 0.717) is 10.5 Å². The molecule has 1 N–H and O–H groups in total. The number of aryl methyl sites for hydroxylation is 1. The van der Waals surface area contributed by atoms with Crippen molar-refractivity contribution in [1.29, 1.82) is 0 Å². The van der Waals surface area contributed by atoms with Gasteiger partial charge in [0, 0.05) is 6.20 Å². The molecule has 21 heavy (non-hydrogen) atoms. The molecule has 2 heterocycles. The summed E-state index contributed by atoms with van der Waals surface area (Å²) in [7, 11) is 0. The van der Waals surface area contributed by atoms with Gasteiger partial charge in [-0.2, -0.15) is 4.80 Å². The number of para-hydroxylation sites is 1. The summed E-state index contributed by atoms with van der Waals surface area (Å²) < 4.78 is 2.50. The molecule has 0 amide bonds. The van der Waals surface area contributed by atoms with E-state index in [-0.39, 0.29) is 6.04 Å². The average molecular weight is 300 g/mol. The van der Waals surface area contributed by atoms with Crippen LogP contribution < -0.4 is 0 Å². The van der Waals surface area contributed by atoms with Crippen LogP contribution in [0.2, 0.25) is 0 Å². The molecular formula is C14H16N6S. The van der Waals surface area contributed by atoms with Gasteiger partial charge in [0.15, 0.2) is 0 Å². The van der Waals surface area contributed by atoms with Crippen LogP contribution in [0.5, 0.6) is 0 Å². The van der Waals surface area contributed by atoms with Crippen LogP contribution in [0, 0.1) is 11.6 Å². The zero-order valence-electron chi connectivity index (χ0n) is 12.1. The Hall–Kier alpha value is -2.28. The molecule has 0 fully saturated rings. The quantitative estimate of drug-likeness (QED) is 0.755. The molecule has 6 nitrogen and oxygen atoms in total. The first-order chi connectivity index (χ1) is 10.1. The van der Waals surface area contributed by atoms with Crippen molar-refractivity contribution in [1.82, 2.24) is 30.0 Å². The van der Waals surface area contributed by atoms with Gasteiger partial charge < -0.3 is 0 Å². The second-order valence-electron chi connectivity index (χ2n) is 5.14. The maximum absolute atomic E-state index is 5.54. The van der Waals surface area contributed by atoms with E-state index in [9.17, 15) is 0 Å². The minimum absolute atomic E-state index is 0.169. The van der Waals surface area contributed by atoms with Gasteiger partial charge in [-0.3, -0.25) is 5.10 Å². The summed E-state index contributed by atoms with van der Waals surface area (Å²) in [6.07, 6.45) is 1.82. The molecule has 0 saturated heterocycles. The Morgan fingerprint density at radius 1 is 1.24 bits per heavy atom. The van der Waals surface area contributed by atoms with E-state index in [0.717, 1.165) is 16.8 Å². The lowest BCUT2D eigenvalue weighted by Crippen LogP contribution is -2.04. The number of rotatable bonds is 3. The van der Waals surface area contributed by atoms with Crippen molar-refractivity contribution >= 4 is 12.2 Å². The molecule has 1 aromatic carbocycles. The van der Waals surface area contributed by atoms with Gasteiger partial charge in [-0.25, -0.2) is 4.68 Å². The van der Waals surface area contributed by atoms with Crippen molar-refractivity contribution in [2.24, 2.45) is 0 Å². The highest BCUT2D eigenvalue weighted by atomic mass is 32.1. The third-order valence-electron chi connectivity index (χ3n) is 3.26. The van der Waals surface area contributed by atoms with Crippen molar-refractivity contribution in [3.05, 3.63) is 40.7 Å². The first-order valence-corrected chi connectivity index (χ1v) is 7.15. The highest BCUT2D eigenvalue weighted by molar-refractivity contribution is 7.71. The van der Waals surface area contributed by atoms with Gasteiger partial charge in [-0.05, 0) is 37.6 Å². The van der Waals surface area contributed by atoms with E-state index >= 15 is 0 Å². The molecule has 0 bridgehead atoms. The summed E-state index contributed by atoms with van der Waals surface area (Å²) in [6.45, 7) is 6.06. The van der Waals surface area contributed by atoms with Crippen LogP contribution in [0.3, 0.4) is 0 Å². The van der Waals surface area contributed by atoms with Crippen LogP contribution in [-0.4, -0.2) is 30.0 Å². The highest BCUT2D eigenvalue weighted by Crippen LogP contribution is 2.20. The molecule has 108 valence electrons. The van der Waals surface area contributed by atoms with Gasteiger partial charge in [0.25, 0.3) is 0 Å². The first kappa shape index (κ1) is 13.7. The van der Waals surface area contributed by atoms with Gasteiger partial charge in [0.1, 0.15) is 4.64 Å². The Morgan fingerprint density at radius 3 is 2.67 bits per heavy atom. The molecule has 2 aromatic heterocycles. The zero-order valence-corrected chi connectivity index (χ0v) is 12.9. The van der Waals surface area contributed by atoms with E-state index in [1.165, 1.54) is 0 Å². The van der Waals surface area contributed by atoms with Crippen LogP contribution in [0.15, 0.2) is 30.5 Å². The molecule has 0 radical (unpaired) electrons. The number of nitrogens with zero attached hydrogens (tertiary/aromatic N) is 5. The van der Waals surface area contributed by atoms with Crippen molar-refractivity contribution in [2.75, 3.05) is 0 Å². The lowest BCUT2D eigenvalue weighted by molar-refractivity contribution is 0.455. The SMILES string of the molecule is Cc1ccccc1-n1[nH]cc(-c2nnn(C(C)C)n2)c1=S. The number of aromatic amines is 1. The van der Waals surface area contributed by atoms with Gasteiger partial charge in [-0.1, -0.05) is 30.4 Å². The fourth-order valence-corrected chi connectivity index (χ4v) is 2.38. The largest absolute Gasteiger partial charge is 0.299 e. The van der Waals surface area contributed by atoms with Gasteiger partial charge in [-0.15, -0.1) is 10.2 Å². The monoisotopic (exact) mass is 300 g/mol. The maximum Gasteiger partial charge on any atom is 0.209 e. The Kier molecular flexibility index (Phi) is 3.42. The van der Waals surface area contributed by atoms with Crippen LogP contribution >= 0.6 is 12.2 Å². The van der Waals surface area contributed by atoms with E-state index in [2.05, 4.69) is 20.5 Å². The third-order valence-corrected chi connectivity index (χ3v) is 3.66. The highest BCUT2D eigenvalue weighted by Gasteiger charge is 2.13. The molecule has 0 unspecified atom stereocenters. The lowest BCUT2D eigenvalue weighted by Gasteiger charge is -2.05. The fraction of sp³-hybridized carbons (Fsp3) is 0.286. The normalized spacial score (nSPS) is 11.2. The number of nitrogens with one attached hydrogen (secondary N) is 1. The summed E-state index contributed by atoms with van der Waals surface area (Å²) in [4.78, 5) is 1.58. The summed E-state index contributed by atoms with van der Waals surface area (Å²) in [6, 6.07) is 8.22. The van der Waals surface area contributed by atoms with Crippen molar-refractivity contribution < 1.29 is 0 Å². The van der Waals surface area contributed by atoms with E-state index in [1.807, 2.05) is 55.9 Å². The lowest BCUT2D eigenvalue weighted by atomic mass is 10.2. The molecule has 0 spiro atoms. The smallest absolute Gasteiger partial charge is 0.209 e. The molecule has 0 saturated carbocycles. The summed E-state index contributed by atoms with van der Waals surface area (Å²) in [5.74, 6) is 0.539. The molecule has 0 atom stereocenters. The summed E-state index contributed by atoms with van der Waals surface area (Å²) >= 11 is 5.54. The molecular weight excluding hydrogens is 284 g/mol. The Labute approximate surface area is 127 Å². The van der Waals surface area contributed by atoms with Crippen molar-refractivity contribution in [3.63, 3.8) is 0 Å². The summed E-state index contributed by atoms with van der Waals surface area (Å²) in [5.41, 5.74) is 2.94. The minimum atomic E-state index is 0.169. The number of H-pyrrole nitrogens is 1. The Morgan fingerprint density at radius 2 is 2.00 bits per heavy atom. The van der Waals surface area contributed by atoms with Crippen LogP contribution in [0.25, 0.3) is 17.1 Å². The fourth-order valence-electron chi connectivity index (χ4n) is 2.08. The average Bonchev–Trinajstić information content (AvgIpc) is 3.06. The maximum atomic E-state index is 5.54.